The zero-order valence-electron chi connectivity index (χ0n) is 5.66. The van der Waals surface area contributed by atoms with Crippen molar-refractivity contribution in [1.82, 2.24) is 0 Å². The van der Waals surface area contributed by atoms with Crippen molar-refractivity contribution in [2.24, 2.45) is 0 Å². The first kappa shape index (κ1) is 7.04. The average molecular weight is 149 g/mol. The van der Waals surface area contributed by atoms with Crippen LogP contribution in [0.25, 0.3) is 6.08 Å². The molecule has 1 heterocycles. The summed E-state index contributed by atoms with van der Waals surface area (Å²) in [5.41, 5.74) is 1.11. The molecule has 0 bridgehead atoms. The molecule has 0 aliphatic carbocycles. The van der Waals surface area contributed by atoms with Gasteiger partial charge in [0.1, 0.15) is 0 Å². The summed E-state index contributed by atoms with van der Waals surface area (Å²) < 4.78 is 0. The van der Waals surface area contributed by atoms with Crippen LogP contribution < -0.4 is 0 Å². The Hall–Kier alpha value is -1.07. The second-order valence-corrected chi connectivity index (χ2v) is 3.07. The van der Waals surface area contributed by atoms with Gasteiger partial charge in [-0.15, -0.1) is 11.3 Å². The van der Waals surface area contributed by atoms with Crippen molar-refractivity contribution < 1.29 is 0 Å². The van der Waals surface area contributed by atoms with Crippen molar-refractivity contribution in [3.8, 4) is 6.07 Å². The van der Waals surface area contributed by atoms with E-state index in [1.165, 1.54) is 11.0 Å². The Morgan fingerprint density at radius 3 is 3.00 bits per heavy atom. The molecule has 50 valence electrons. The number of aryl methyl sites for hydroxylation is 1. The van der Waals surface area contributed by atoms with Gasteiger partial charge in [0.05, 0.1) is 6.07 Å². The highest BCUT2D eigenvalue weighted by Gasteiger charge is 1.88. The molecule has 10 heavy (non-hydrogen) atoms. The lowest BCUT2D eigenvalue weighted by Gasteiger charge is -1.75. The standard InChI is InChI=1S/C8H7NS/c1-7-5-8(6-10-7)3-2-4-9/h2-3,5-6H,1H3. The molecule has 0 aliphatic heterocycles. The molecular formula is C8H7NS. The first-order valence-electron chi connectivity index (χ1n) is 2.94. The van der Waals surface area contributed by atoms with Crippen LogP contribution in [0.3, 0.4) is 0 Å². The van der Waals surface area contributed by atoms with Crippen molar-refractivity contribution in [3.05, 3.63) is 28.0 Å². The smallest absolute Gasteiger partial charge is 0.0912 e. The van der Waals surface area contributed by atoms with Crippen LogP contribution in [-0.2, 0) is 0 Å². The van der Waals surface area contributed by atoms with E-state index in [4.69, 9.17) is 5.26 Å². The Morgan fingerprint density at radius 2 is 2.50 bits per heavy atom. The van der Waals surface area contributed by atoms with Crippen LogP contribution in [0.2, 0.25) is 0 Å². The lowest BCUT2D eigenvalue weighted by Crippen LogP contribution is -1.58. The Labute approximate surface area is 64.2 Å². The van der Waals surface area contributed by atoms with Gasteiger partial charge in [-0.2, -0.15) is 5.26 Å². The van der Waals surface area contributed by atoms with Gasteiger partial charge in [0.15, 0.2) is 0 Å². The van der Waals surface area contributed by atoms with Crippen LogP contribution in [0.1, 0.15) is 10.4 Å². The Bertz CT molecular complexity index is 278. The molecule has 0 fully saturated rings. The summed E-state index contributed by atoms with van der Waals surface area (Å²) in [5, 5.41) is 10.2. The monoisotopic (exact) mass is 149 g/mol. The molecule has 1 aromatic heterocycles. The number of hydrogen-bond acceptors (Lipinski definition) is 2. The normalized spacial score (nSPS) is 10.0. The summed E-state index contributed by atoms with van der Waals surface area (Å²) in [6.07, 6.45) is 3.30. The van der Waals surface area contributed by atoms with E-state index in [0.29, 0.717) is 0 Å². The largest absolute Gasteiger partial charge is 0.193 e. The summed E-state index contributed by atoms with van der Waals surface area (Å²) in [7, 11) is 0. The molecule has 0 saturated carbocycles. The van der Waals surface area contributed by atoms with Gasteiger partial charge in [0.25, 0.3) is 0 Å². The summed E-state index contributed by atoms with van der Waals surface area (Å²) in [5.74, 6) is 0. The predicted octanol–water partition coefficient (Wildman–Crippen LogP) is 2.59. The van der Waals surface area contributed by atoms with Crippen molar-refractivity contribution in [1.29, 1.82) is 5.26 Å². The maximum Gasteiger partial charge on any atom is 0.0912 e. The minimum atomic E-state index is 1.11. The molecule has 0 N–H and O–H groups in total. The Kier molecular flexibility index (Phi) is 2.24. The molecule has 0 spiro atoms. The van der Waals surface area contributed by atoms with Crippen molar-refractivity contribution in [2.75, 3.05) is 0 Å². The summed E-state index contributed by atoms with van der Waals surface area (Å²) in [6.45, 7) is 2.05. The van der Waals surface area contributed by atoms with E-state index in [1.807, 2.05) is 24.4 Å². The molecule has 0 saturated heterocycles. The fourth-order valence-corrected chi connectivity index (χ4v) is 1.36. The van der Waals surface area contributed by atoms with Gasteiger partial charge < -0.3 is 0 Å². The molecular weight excluding hydrogens is 142 g/mol. The molecule has 0 aliphatic rings. The van der Waals surface area contributed by atoms with Crippen LogP contribution in [-0.4, -0.2) is 0 Å². The van der Waals surface area contributed by atoms with E-state index in [2.05, 4.69) is 6.07 Å². The number of rotatable bonds is 1. The van der Waals surface area contributed by atoms with E-state index in [-0.39, 0.29) is 0 Å². The van der Waals surface area contributed by atoms with Gasteiger partial charge in [-0.25, -0.2) is 0 Å². The number of allylic oxidation sites excluding steroid dienone is 1. The van der Waals surface area contributed by atoms with Gasteiger partial charge >= 0.3 is 0 Å². The van der Waals surface area contributed by atoms with Gasteiger partial charge in [-0.3, -0.25) is 0 Å². The fraction of sp³-hybridized carbons (Fsp3) is 0.125. The van der Waals surface area contributed by atoms with E-state index < -0.39 is 0 Å². The van der Waals surface area contributed by atoms with Crippen LogP contribution in [0, 0.1) is 18.3 Å². The summed E-state index contributed by atoms with van der Waals surface area (Å²) >= 11 is 1.69. The number of nitriles is 1. The lowest BCUT2D eigenvalue weighted by atomic mass is 10.3. The van der Waals surface area contributed by atoms with E-state index in [0.717, 1.165) is 5.56 Å². The maximum absolute atomic E-state index is 8.20. The van der Waals surface area contributed by atoms with Crippen LogP contribution in [0.4, 0.5) is 0 Å². The van der Waals surface area contributed by atoms with Crippen LogP contribution >= 0.6 is 11.3 Å². The lowest BCUT2D eigenvalue weighted by molar-refractivity contribution is 1.54. The second kappa shape index (κ2) is 3.19. The van der Waals surface area contributed by atoms with Crippen molar-refractivity contribution >= 4 is 17.4 Å². The third kappa shape index (κ3) is 1.71. The number of nitrogens with zero attached hydrogens (tertiary/aromatic N) is 1. The molecule has 1 rings (SSSR count). The van der Waals surface area contributed by atoms with Gasteiger partial charge in [0, 0.05) is 11.0 Å². The third-order valence-electron chi connectivity index (χ3n) is 1.10. The van der Waals surface area contributed by atoms with Gasteiger partial charge in [0.2, 0.25) is 0 Å². The van der Waals surface area contributed by atoms with Crippen LogP contribution in [0.15, 0.2) is 17.5 Å². The fourth-order valence-electron chi connectivity index (χ4n) is 0.685. The quantitative estimate of drug-likeness (QED) is 0.563. The van der Waals surface area contributed by atoms with E-state index in [1.54, 1.807) is 11.3 Å². The van der Waals surface area contributed by atoms with Crippen LogP contribution in [0.5, 0.6) is 0 Å². The second-order valence-electron chi connectivity index (χ2n) is 1.95. The van der Waals surface area contributed by atoms with Gasteiger partial charge in [-0.05, 0) is 30.0 Å². The molecule has 2 heteroatoms. The first-order valence-corrected chi connectivity index (χ1v) is 3.82. The minimum absolute atomic E-state index is 1.11. The Morgan fingerprint density at radius 1 is 1.70 bits per heavy atom. The first-order chi connectivity index (χ1) is 4.83. The zero-order valence-corrected chi connectivity index (χ0v) is 6.48. The van der Waals surface area contributed by atoms with Crippen molar-refractivity contribution in [2.45, 2.75) is 6.92 Å². The third-order valence-corrected chi connectivity index (χ3v) is 1.98. The molecule has 0 radical (unpaired) electrons. The van der Waals surface area contributed by atoms with Crippen molar-refractivity contribution in [3.63, 3.8) is 0 Å². The SMILES string of the molecule is Cc1cc(C=CC#N)cs1. The molecule has 1 nitrogen and oxygen atoms in total. The van der Waals surface area contributed by atoms with E-state index >= 15 is 0 Å². The topological polar surface area (TPSA) is 23.8 Å². The molecule has 0 amide bonds. The highest BCUT2D eigenvalue weighted by atomic mass is 32.1. The highest BCUT2D eigenvalue weighted by molar-refractivity contribution is 7.10. The number of thiophene rings is 1. The molecule has 1 aromatic rings. The number of hydrogen-bond donors (Lipinski definition) is 0. The maximum atomic E-state index is 8.20. The molecule has 0 aromatic carbocycles. The molecule has 0 unspecified atom stereocenters. The summed E-state index contributed by atoms with van der Waals surface area (Å²) in [6, 6.07) is 4.00. The Balaban J connectivity index is 2.78. The zero-order chi connectivity index (χ0) is 7.40. The minimum Gasteiger partial charge on any atom is -0.193 e. The average Bonchev–Trinajstić information content (AvgIpc) is 2.31. The highest BCUT2D eigenvalue weighted by Crippen LogP contribution is 2.13. The summed E-state index contributed by atoms with van der Waals surface area (Å²) in [4.78, 5) is 1.28. The van der Waals surface area contributed by atoms with E-state index in [9.17, 15) is 0 Å². The van der Waals surface area contributed by atoms with Gasteiger partial charge in [-0.1, -0.05) is 0 Å². The molecule has 0 atom stereocenters. The predicted molar refractivity (Wildman–Crippen MR) is 43.7 cm³/mol.